The summed E-state index contributed by atoms with van der Waals surface area (Å²) in [4.78, 5) is 9.93. The second-order valence-corrected chi connectivity index (χ2v) is 2.30. The molecule has 0 amide bonds. The van der Waals surface area contributed by atoms with Crippen LogP contribution in [0.15, 0.2) is 12.2 Å². The zero-order valence-corrected chi connectivity index (χ0v) is 6.08. The third-order valence-corrected chi connectivity index (χ3v) is 1.05. The second kappa shape index (κ2) is 4.99. The minimum absolute atomic E-state index is 0.151. The third-order valence-electron chi connectivity index (χ3n) is 1.05. The summed E-state index contributed by atoms with van der Waals surface area (Å²) in [7, 11) is 0. The van der Waals surface area contributed by atoms with Crippen LogP contribution in [0.5, 0.6) is 0 Å². The molecule has 0 rings (SSSR count). The molecule has 1 atom stereocenters. The Kier molecular flexibility index (Phi) is 4.58. The molecule has 0 aliphatic heterocycles. The molecule has 3 N–H and O–H groups in total. The van der Waals surface area contributed by atoms with Crippen molar-refractivity contribution in [3.8, 4) is 0 Å². The van der Waals surface area contributed by atoms with Crippen LogP contribution >= 0.6 is 0 Å². The van der Waals surface area contributed by atoms with Gasteiger partial charge in [-0.25, -0.2) is 4.79 Å². The lowest BCUT2D eigenvalue weighted by atomic mass is 10.2. The van der Waals surface area contributed by atoms with Crippen LogP contribution in [0.3, 0.4) is 0 Å². The fraction of sp³-hybridized carbons (Fsp3) is 0.571. The van der Waals surface area contributed by atoms with E-state index in [-0.39, 0.29) is 6.04 Å². The molecule has 0 bridgehead atoms. The van der Waals surface area contributed by atoms with E-state index in [2.05, 4.69) is 0 Å². The molecule has 3 heteroatoms. The molecule has 0 aromatic rings. The van der Waals surface area contributed by atoms with Crippen molar-refractivity contribution in [3.05, 3.63) is 12.2 Å². The van der Waals surface area contributed by atoms with E-state index >= 15 is 0 Å². The maximum Gasteiger partial charge on any atom is 0.327 e. The molecule has 0 saturated heterocycles. The lowest BCUT2D eigenvalue weighted by Crippen LogP contribution is -2.13. The van der Waals surface area contributed by atoms with Gasteiger partial charge in [-0.15, -0.1) is 0 Å². The summed E-state index contributed by atoms with van der Waals surface area (Å²) in [5.41, 5.74) is 5.43. The van der Waals surface area contributed by atoms with Crippen molar-refractivity contribution in [2.45, 2.75) is 25.8 Å². The normalized spacial score (nSPS) is 13.8. The second-order valence-electron chi connectivity index (χ2n) is 2.30. The van der Waals surface area contributed by atoms with Crippen molar-refractivity contribution in [2.75, 3.05) is 0 Å². The highest BCUT2D eigenvalue weighted by Gasteiger charge is 1.90. The molecule has 1 unspecified atom stereocenters. The number of aliphatic carboxylic acids is 1. The topological polar surface area (TPSA) is 63.3 Å². The summed E-state index contributed by atoms with van der Waals surface area (Å²) < 4.78 is 0. The number of carbonyl (C=O) groups is 1. The lowest BCUT2D eigenvalue weighted by molar-refractivity contribution is -0.131. The summed E-state index contributed by atoms with van der Waals surface area (Å²) in [6.45, 7) is 1.90. The maximum atomic E-state index is 9.93. The minimum Gasteiger partial charge on any atom is -0.478 e. The molecule has 0 fully saturated rings. The van der Waals surface area contributed by atoms with Crippen molar-refractivity contribution < 1.29 is 9.90 Å². The van der Waals surface area contributed by atoms with E-state index in [4.69, 9.17) is 10.8 Å². The fourth-order valence-corrected chi connectivity index (χ4v) is 0.543. The first-order valence-electron chi connectivity index (χ1n) is 3.28. The van der Waals surface area contributed by atoms with Gasteiger partial charge in [0.2, 0.25) is 0 Å². The van der Waals surface area contributed by atoms with Gasteiger partial charge in [0.25, 0.3) is 0 Å². The Morgan fingerprint density at radius 1 is 1.80 bits per heavy atom. The summed E-state index contributed by atoms with van der Waals surface area (Å²) in [5.74, 6) is -0.898. The zero-order valence-electron chi connectivity index (χ0n) is 6.08. The Labute approximate surface area is 60.5 Å². The predicted molar refractivity (Wildman–Crippen MR) is 39.7 cm³/mol. The van der Waals surface area contributed by atoms with E-state index in [1.54, 1.807) is 6.08 Å². The van der Waals surface area contributed by atoms with Gasteiger partial charge in [-0.1, -0.05) is 6.08 Å². The summed E-state index contributed by atoms with van der Waals surface area (Å²) in [5, 5.41) is 8.16. The number of hydrogen-bond donors (Lipinski definition) is 2. The van der Waals surface area contributed by atoms with E-state index in [1.165, 1.54) is 0 Å². The smallest absolute Gasteiger partial charge is 0.327 e. The van der Waals surface area contributed by atoms with Gasteiger partial charge in [-0.05, 0) is 19.8 Å². The van der Waals surface area contributed by atoms with Crippen molar-refractivity contribution in [2.24, 2.45) is 5.73 Å². The summed E-state index contributed by atoms with van der Waals surface area (Å²) >= 11 is 0. The standard InChI is InChI=1S/C7H13NO2/c1-6(8)4-2-3-5-7(9)10/h3,5-6H,2,4,8H2,1H3,(H,9,10)/b5-3+. The number of hydrogen-bond acceptors (Lipinski definition) is 2. The van der Waals surface area contributed by atoms with Crippen molar-refractivity contribution >= 4 is 5.97 Å². The first-order valence-corrected chi connectivity index (χ1v) is 3.28. The van der Waals surface area contributed by atoms with Gasteiger partial charge in [0.1, 0.15) is 0 Å². The van der Waals surface area contributed by atoms with Crippen molar-refractivity contribution in [1.82, 2.24) is 0 Å². The largest absolute Gasteiger partial charge is 0.478 e. The van der Waals surface area contributed by atoms with Gasteiger partial charge in [0, 0.05) is 12.1 Å². The molecule has 0 aromatic heterocycles. The predicted octanol–water partition coefficient (Wildman–Crippen LogP) is 0.755. The molecule has 0 aliphatic rings. The Morgan fingerprint density at radius 2 is 2.40 bits per heavy atom. The summed E-state index contributed by atoms with van der Waals surface area (Å²) in [6, 6.07) is 0.151. The summed E-state index contributed by atoms with van der Waals surface area (Å²) in [6.07, 6.45) is 4.34. The first-order chi connectivity index (χ1) is 4.63. The molecule has 0 spiro atoms. The highest BCUT2D eigenvalue weighted by atomic mass is 16.4. The van der Waals surface area contributed by atoms with Crippen LogP contribution in [0.1, 0.15) is 19.8 Å². The third kappa shape index (κ3) is 7.17. The molecule has 0 aromatic carbocycles. The Bertz CT molecular complexity index is 130. The highest BCUT2D eigenvalue weighted by Crippen LogP contribution is 1.93. The van der Waals surface area contributed by atoms with E-state index in [9.17, 15) is 4.79 Å². The number of rotatable bonds is 4. The zero-order chi connectivity index (χ0) is 7.98. The molecule has 10 heavy (non-hydrogen) atoms. The van der Waals surface area contributed by atoms with Crippen molar-refractivity contribution in [3.63, 3.8) is 0 Å². The van der Waals surface area contributed by atoms with Gasteiger partial charge in [0.05, 0.1) is 0 Å². The Morgan fingerprint density at radius 3 is 2.80 bits per heavy atom. The number of carboxylic acids is 1. The van der Waals surface area contributed by atoms with Gasteiger partial charge in [-0.3, -0.25) is 0 Å². The van der Waals surface area contributed by atoms with E-state index in [0.717, 1.165) is 18.9 Å². The number of allylic oxidation sites excluding steroid dienone is 1. The average molecular weight is 143 g/mol. The highest BCUT2D eigenvalue weighted by molar-refractivity contribution is 5.79. The van der Waals surface area contributed by atoms with Gasteiger partial charge in [0.15, 0.2) is 0 Å². The average Bonchev–Trinajstić information content (AvgIpc) is 1.79. The van der Waals surface area contributed by atoms with Crippen LogP contribution in [-0.4, -0.2) is 17.1 Å². The monoisotopic (exact) mass is 143 g/mol. The maximum absolute atomic E-state index is 9.93. The number of nitrogens with two attached hydrogens (primary N) is 1. The van der Waals surface area contributed by atoms with Crippen LogP contribution in [-0.2, 0) is 4.79 Å². The molecule has 0 aliphatic carbocycles. The van der Waals surface area contributed by atoms with E-state index < -0.39 is 5.97 Å². The Hall–Kier alpha value is -0.830. The minimum atomic E-state index is -0.898. The van der Waals surface area contributed by atoms with Gasteiger partial charge >= 0.3 is 5.97 Å². The van der Waals surface area contributed by atoms with Crippen molar-refractivity contribution in [1.29, 1.82) is 0 Å². The van der Waals surface area contributed by atoms with Crippen LogP contribution < -0.4 is 5.73 Å². The SMILES string of the molecule is CC(N)CC/C=C/C(=O)O. The van der Waals surface area contributed by atoms with Crippen LogP contribution in [0, 0.1) is 0 Å². The quantitative estimate of drug-likeness (QED) is 0.571. The van der Waals surface area contributed by atoms with E-state index in [1.807, 2.05) is 6.92 Å². The molecule has 0 heterocycles. The molecule has 0 saturated carbocycles. The first kappa shape index (κ1) is 9.17. The van der Waals surface area contributed by atoms with E-state index in [0.29, 0.717) is 0 Å². The van der Waals surface area contributed by atoms with Gasteiger partial charge in [-0.2, -0.15) is 0 Å². The fourth-order valence-electron chi connectivity index (χ4n) is 0.543. The molecular formula is C7H13NO2. The van der Waals surface area contributed by atoms with Crippen LogP contribution in [0.2, 0.25) is 0 Å². The Balaban J connectivity index is 3.27. The van der Waals surface area contributed by atoms with Gasteiger partial charge < -0.3 is 10.8 Å². The van der Waals surface area contributed by atoms with Crippen LogP contribution in [0.4, 0.5) is 0 Å². The number of carboxylic acid groups (broad SMARTS) is 1. The molecular weight excluding hydrogens is 130 g/mol. The lowest BCUT2D eigenvalue weighted by Gasteiger charge is -1.98. The van der Waals surface area contributed by atoms with Crippen LogP contribution in [0.25, 0.3) is 0 Å². The molecule has 0 radical (unpaired) electrons. The molecule has 58 valence electrons. The molecule has 3 nitrogen and oxygen atoms in total.